The van der Waals surface area contributed by atoms with Crippen LogP contribution in [0.25, 0.3) is 0 Å². The van der Waals surface area contributed by atoms with Gasteiger partial charge >= 0.3 is 0 Å². The van der Waals surface area contributed by atoms with E-state index in [4.69, 9.17) is 9.47 Å². The largest absolute Gasteiger partial charge is 0.497 e. The molecule has 1 aromatic carbocycles. The quantitative estimate of drug-likeness (QED) is 0.639. The lowest BCUT2D eigenvalue weighted by Crippen LogP contribution is -2.35. The summed E-state index contributed by atoms with van der Waals surface area (Å²) in [5.41, 5.74) is 0.606. The van der Waals surface area contributed by atoms with E-state index in [0.717, 1.165) is 5.75 Å². The fourth-order valence-corrected chi connectivity index (χ4v) is 2.22. The maximum Gasteiger partial charge on any atom is 0.241 e. The molecule has 0 aliphatic carbocycles. The number of amides is 2. The highest BCUT2D eigenvalue weighted by Gasteiger charge is 2.08. The number of carbonyl (C=O) groups excluding carboxylic acids is 2. The summed E-state index contributed by atoms with van der Waals surface area (Å²) in [6, 6.07) is 7.29. The average molecular weight is 375 g/mol. The maximum atomic E-state index is 11.9. The number of nitrogens with zero attached hydrogens (tertiary/aromatic N) is 3. The summed E-state index contributed by atoms with van der Waals surface area (Å²) in [5, 5.41) is 13.3. The molecule has 0 saturated heterocycles. The molecule has 27 heavy (non-hydrogen) atoms. The van der Waals surface area contributed by atoms with Gasteiger partial charge in [0.1, 0.15) is 30.3 Å². The van der Waals surface area contributed by atoms with Gasteiger partial charge in [-0.05, 0) is 38.1 Å². The number of benzene rings is 1. The number of rotatable bonds is 10. The first-order valence-electron chi connectivity index (χ1n) is 8.68. The van der Waals surface area contributed by atoms with E-state index in [9.17, 15) is 9.59 Å². The van der Waals surface area contributed by atoms with Crippen molar-refractivity contribution < 1.29 is 19.1 Å². The summed E-state index contributed by atoms with van der Waals surface area (Å²) in [6.45, 7) is 4.32. The molecule has 0 aliphatic heterocycles. The van der Waals surface area contributed by atoms with E-state index < -0.39 is 0 Å². The summed E-state index contributed by atoms with van der Waals surface area (Å²) in [7, 11) is 1.60. The molecular weight excluding hydrogens is 350 g/mol. The molecule has 2 aromatic rings. The monoisotopic (exact) mass is 375 g/mol. The van der Waals surface area contributed by atoms with Crippen molar-refractivity contribution >= 4 is 11.8 Å². The van der Waals surface area contributed by atoms with E-state index in [0.29, 0.717) is 11.4 Å². The second-order valence-corrected chi connectivity index (χ2v) is 6.19. The van der Waals surface area contributed by atoms with Crippen LogP contribution in [-0.2, 0) is 22.7 Å². The van der Waals surface area contributed by atoms with Crippen LogP contribution in [0, 0.1) is 0 Å². The Morgan fingerprint density at radius 1 is 1.15 bits per heavy atom. The summed E-state index contributed by atoms with van der Waals surface area (Å²) < 4.78 is 12.1. The molecule has 0 atom stereocenters. The molecule has 146 valence electrons. The smallest absolute Gasteiger partial charge is 0.241 e. The standard InChI is InChI=1S/C18H25N5O4/c1-13(2)20-17(24)8-9-19-18(25)11-23-10-14(21-22-23)12-27-16-6-4-15(26-3)5-7-16/h4-7,10,13H,8-9,11-12H2,1-3H3,(H,19,25)(H,20,24). The number of ether oxygens (including phenoxy) is 2. The molecule has 1 heterocycles. The van der Waals surface area contributed by atoms with Gasteiger partial charge in [0, 0.05) is 19.0 Å². The van der Waals surface area contributed by atoms with Crippen LogP contribution in [0.5, 0.6) is 11.5 Å². The van der Waals surface area contributed by atoms with E-state index in [-0.39, 0.29) is 44.0 Å². The van der Waals surface area contributed by atoms with Gasteiger partial charge < -0.3 is 20.1 Å². The van der Waals surface area contributed by atoms with Crippen LogP contribution in [0.15, 0.2) is 30.5 Å². The minimum absolute atomic E-state index is 0.0291. The molecule has 0 spiro atoms. The molecule has 2 rings (SSSR count). The van der Waals surface area contributed by atoms with Crippen LogP contribution in [0.4, 0.5) is 0 Å². The average Bonchev–Trinajstić information content (AvgIpc) is 3.07. The molecule has 0 saturated carbocycles. The Hall–Kier alpha value is -3.10. The number of nitrogens with one attached hydrogen (secondary N) is 2. The molecule has 0 bridgehead atoms. The SMILES string of the molecule is COc1ccc(OCc2cn(CC(=O)NCCC(=O)NC(C)C)nn2)cc1. The Morgan fingerprint density at radius 2 is 1.85 bits per heavy atom. The highest BCUT2D eigenvalue weighted by molar-refractivity contribution is 5.78. The maximum absolute atomic E-state index is 11.9. The minimum Gasteiger partial charge on any atom is -0.497 e. The number of hydrogen-bond acceptors (Lipinski definition) is 6. The van der Waals surface area contributed by atoms with Gasteiger partial charge in [-0.3, -0.25) is 9.59 Å². The van der Waals surface area contributed by atoms with Crippen molar-refractivity contribution in [2.75, 3.05) is 13.7 Å². The van der Waals surface area contributed by atoms with Crippen molar-refractivity contribution in [1.82, 2.24) is 25.6 Å². The van der Waals surface area contributed by atoms with Crippen LogP contribution < -0.4 is 20.1 Å². The van der Waals surface area contributed by atoms with E-state index in [1.807, 2.05) is 13.8 Å². The molecule has 9 nitrogen and oxygen atoms in total. The van der Waals surface area contributed by atoms with Gasteiger partial charge in [-0.15, -0.1) is 5.10 Å². The summed E-state index contributed by atoms with van der Waals surface area (Å²) in [4.78, 5) is 23.4. The predicted octanol–water partition coefficient (Wildman–Crippen LogP) is 0.897. The minimum atomic E-state index is -0.236. The second-order valence-electron chi connectivity index (χ2n) is 6.19. The molecule has 2 N–H and O–H groups in total. The predicted molar refractivity (Wildman–Crippen MR) is 98.3 cm³/mol. The van der Waals surface area contributed by atoms with Crippen LogP contribution in [0.3, 0.4) is 0 Å². The van der Waals surface area contributed by atoms with Crippen molar-refractivity contribution in [1.29, 1.82) is 0 Å². The second kappa shape index (κ2) is 10.1. The summed E-state index contributed by atoms with van der Waals surface area (Å²) in [6.07, 6.45) is 1.89. The zero-order valence-electron chi connectivity index (χ0n) is 15.8. The van der Waals surface area contributed by atoms with E-state index >= 15 is 0 Å². The van der Waals surface area contributed by atoms with Gasteiger partial charge in [0.15, 0.2) is 0 Å². The van der Waals surface area contributed by atoms with Gasteiger partial charge in [-0.1, -0.05) is 5.21 Å². The number of hydrogen-bond donors (Lipinski definition) is 2. The Labute approximate surface area is 158 Å². The lowest BCUT2D eigenvalue weighted by Gasteiger charge is -2.08. The van der Waals surface area contributed by atoms with E-state index in [1.54, 1.807) is 37.6 Å². The Morgan fingerprint density at radius 3 is 2.52 bits per heavy atom. The third kappa shape index (κ3) is 7.35. The third-order valence-electron chi connectivity index (χ3n) is 3.46. The van der Waals surface area contributed by atoms with Crippen molar-refractivity contribution in [3.63, 3.8) is 0 Å². The number of aromatic nitrogens is 3. The van der Waals surface area contributed by atoms with Gasteiger partial charge in [-0.25, -0.2) is 4.68 Å². The summed E-state index contributed by atoms with van der Waals surface area (Å²) in [5.74, 6) is 1.10. The first-order chi connectivity index (χ1) is 13.0. The van der Waals surface area contributed by atoms with Crippen molar-refractivity contribution in [3.8, 4) is 11.5 Å². The fraction of sp³-hybridized carbons (Fsp3) is 0.444. The molecule has 2 amide bonds. The highest BCUT2D eigenvalue weighted by Crippen LogP contribution is 2.17. The van der Waals surface area contributed by atoms with Crippen molar-refractivity contribution in [2.24, 2.45) is 0 Å². The lowest BCUT2D eigenvalue weighted by atomic mass is 10.3. The van der Waals surface area contributed by atoms with E-state index in [2.05, 4.69) is 20.9 Å². The molecule has 0 radical (unpaired) electrons. The number of methoxy groups -OCH3 is 1. The van der Waals surface area contributed by atoms with Crippen LogP contribution in [0.2, 0.25) is 0 Å². The van der Waals surface area contributed by atoms with Crippen molar-refractivity contribution in [2.45, 2.75) is 39.5 Å². The molecule has 0 aliphatic rings. The lowest BCUT2D eigenvalue weighted by molar-refractivity contribution is -0.123. The zero-order valence-corrected chi connectivity index (χ0v) is 15.8. The molecular formula is C18H25N5O4. The third-order valence-corrected chi connectivity index (χ3v) is 3.46. The Balaban J connectivity index is 1.71. The first-order valence-corrected chi connectivity index (χ1v) is 8.68. The fourth-order valence-electron chi connectivity index (χ4n) is 2.22. The molecule has 1 aromatic heterocycles. The van der Waals surface area contributed by atoms with Crippen LogP contribution in [0.1, 0.15) is 26.0 Å². The molecule has 0 fully saturated rings. The van der Waals surface area contributed by atoms with E-state index in [1.165, 1.54) is 4.68 Å². The highest BCUT2D eigenvalue weighted by atomic mass is 16.5. The van der Waals surface area contributed by atoms with Gasteiger partial charge in [0.25, 0.3) is 0 Å². The van der Waals surface area contributed by atoms with Gasteiger partial charge in [0.2, 0.25) is 11.8 Å². The number of carbonyl (C=O) groups is 2. The Kier molecular flexibility index (Phi) is 7.60. The Bertz CT molecular complexity index is 742. The van der Waals surface area contributed by atoms with Crippen LogP contribution >= 0.6 is 0 Å². The van der Waals surface area contributed by atoms with Crippen LogP contribution in [-0.4, -0.2) is 46.5 Å². The zero-order chi connectivity index (χ0) is 19.6. The topological polar surface area (TPSA) is 107 Å². The van der Waals surface area contributed by atoms with Crippen molar-refractivity contribution in [3.05, 3.63) is 36.2 Å². The normalized spacial score (nSPS) is 10.5. The molecule has 9 heteroatoms. The molecule has 0 unspecified atom stereocenters. The first kappa shape index (κ1) is 20.2. The van der Waals surface area contributed by atoms with Gasteiger partial charge in [-0.2, -0.15) is 0 Å². The van der Waals surface area contributed by atoms with Gasteiger partial charge in [0.05, 0.1) is 13.3 Å². The summed E-state index contributed by atoms with van der Waals surface area (Å²) >= 11 is 0.